The Labute approximate surface area is 62.5 Å². The van der Waals surface area contributed by atoms with E-state index in [4.69, 9.17) is 4.74 Å². The van der Waals surface area contributed by atoms with Gasteiger partial charge in [-0.1, -0.05) is 0 Å². The molecule has 5 nitrogen and oxygen atoms in total. The molecule has 2 aromatic heterocycles. The van der Waals surface area contributed by atoms with Gasteiger partial charge in [0.25, 0.3) is 0 Å². The number of imidazole rings is 1. The quantitative estimate of drug-likeness (QED) is 0.637. The molecule has 0 aliphatic carbocycles. The van der Waals surface area contributed by atoms with Gasteiger partial charge in [0, 0.05) is 0 Å². The van der Waals surface area contributed by atoms with Crippen molar-refractivity contribution >= 4 is 11.2 Å². The lowest BCUT2D eigenvalue weighted by Crippen LogP contribution is -1.90. The molecule has 0 unspecified atom stereocenters. The lowest BCUT2D eigenvalue weighted by Gasteiger charge is -1.93. The standard InChI is InChI=1S/C6H6N4O/c1-11-6-7-2-4-5(10-6)9-3-8-4/h2-3H,1H3,(H,7,8,9,10). The van der Waals surface area contributed by atoms with Gasteiger partial charge in [-0.25, -0.2) is 9.97 Å². The van der Waals surface area contributed by atoms with Gasteiger partial charge in [0.2, 0.25) is 0 Å². The van der Waals surface area contributed by atoms with E-state index in [2.05, 4.69) is 19.9 Å². The molecule has 0 saturated carbocycles. The van der Waals surface area contributed by atoms with Crippen LogP contribution in [0.25, 0.3) is 11.2 Å². The molecule has 11 heavy (non-hydrogen) atoms. The molecule has 0 aliphatic rings. The zero-order valence-electron chi connectivity index (χ0n) is 5.90. The van der Waals surface area contributed by atoms with Gasteiger partial charge in [-0.05, 0) is 0 Å². The molecular weight excluding hydrogens is 144 g/mol. The molecule has 56 valence electrons. The second kappa shape index (κ2) is 2.19. The highest BCUT2D eigenvalue weighted by atomic mass is 16.5. The van der Waals surface area contributed by atoms with Crippen molar-refractivity contribution in [1.82, 2.24) is 19.9 Å². The number of aromatic amines is 1. The Morgan fingerprint density at radius 2 is 2.36 bits per heavy atom. The summed E-state index contributed by atoms with van der Waals surface area (Å²) < 4.78 is 4.82. The van der Waals surface area contributed by atoms with Crippen LogP contribution >= 0.6 is 0 Å². The van der Waals surface area contributed by atoms with Crippen LogP contribution in [-0.4, -0.2) is 27.0 Å². The average Bonchev–Trinajstić information content (AvgIpc) is 2.50. The fourth-order valence-corrected chi connectivity index (χ4v) is 0.819. The first kappa shape index (κ1) is 6.09. The van der Waals surface area contributed by atoms with Crippen LogP contribution in [0.15, 0.2) is 12.5 Å². The number of H-pyrrole nitrogens is 1. The van der Waals surface area contributed by atoms with Crippen LogP contribution in [0.2, 0.25) is 0 Å². The first-order valence-electron chi connectivity index (χ1n) is 3.10. The van der Waals surface area contributed by atoms with Crippen molar-refractivity contribution in [1.29, 1.82) is 0 Å². The topological polar surface area (TPSA) is 63.7 Å². The molecule has 0 atom stereocenters. The molecule has 0 saturated heterocycles. The smallest absolute Gasteiger partial charge is 0.318 e. The SMILES string of the molecule is COc1ncc2[nH]cnc2n1. The molecule has 0 radical (unpaired) electrons. The van der Waals surface area contributed by atoms with Crippen molar-refractivity contribution in [3.63, 3.8) is 0 Å². The molecule has 0 amide bonds. The lowest BCUT2D eigenvalue weighted by molar-refractivity contribution is 0.381. The Morgan fingerprint density at radius 1 is 1.45 bits per heavy atom. The molecule has 0 spiro atoms. The van der Waals surface area contributed by atoms with Crippen LogP contribution in [0.1, 0.15) is 0 Å². The van der Waals surface area contributed by atoms with Crippen LogP contribution in [-0.2, 0) is 0 Å². The van der Waals surface area contributed by atoms with Crippen molar-refractivity contribution in [2.75, 3.05) is 7.11 Å². The van der Waals surface area contributed by atoms with E-state index in [9.17, 15) is 0 Å². The molecule has 0 fully saturated rings. The summed E-state index contributed by atoms with van der Waals surface area (Å²) in [5.74, 6) is 0. The maximum absolute atomic E-state index is 4.82. The highest BCUT2D eigenvalue weighted by molar-refractivity contribution is 5.68. The van der Waals surface area contributed by atoms with E-state index in [1.807, 2.05) is 0 Å². The van der Waals surface area contributed by atoms with Crippen molar-refractivity contribution in [2.24, 2.45) is 0 Å². The molecular formula is C6H6N4O. The summed E-state index contributed by atoms with van der Waals surface area (Å²) in [7, 11) is 1.52. The van der Waals surface area contributed by atoms with Gasteiger partial charge in [0.1, 0.15) is 5.52 Å². The highest BCUT2D eigenvalue weighted by Gasteiger charge is 1.99. The number of methoxy groups -OCH3 is 1. The van der Waals surface area contributed by atoms with Crippen LogP contribution in [0.3, 0.4) is 0 Å². The molecule has 2 rings (SSSR count). The fraction of sp³-hybridized carbons (Fsp3) is 0.167. The minimum Gasteiger partial charge on any atom is -0.467 e. The third kappa shape index (κ3) is 0.899. The predicted molar refractivity (Wildman–Crippen MR) is 38.2 cm³/mol. The molecule has 2 aromatic rings. The Hall–Kier alpha value is -1.65. The highest BCUT2D eigenvalue weighted by Crippen LogP contribution is 2.07. The maximum Gasteiger partial charge on any atom is 0.318 e. The van der Waals surface area contributed by atoms with Gasteiger partial charge >= 0.3 is 6.01 Å². The van der Waals surface area contributed by atoms with Gasteiger partial charge < -0.3 is 9.72 Å². The van der Waals surface area contributed by atoms with E-state index in [0.717, 1.165) is 5.52 Å². The number of fused-ring (bicyclic) bond motifs is 1. The van der Waals surface area contributed by atoms with E-state index in [1.54, 1.807) is 12.5 Å². The van der Waals surface area contributed by atoms with Crippen molar-refractivity contribution in [3.8, 4) is 6.01 Å². The number of aromatic nitrogens is 4. The number of hydrogen-bond acceptors (Lipinski definition) is 4. The van der Waals surface area contributed by atoms with E-state index in [1.165, 1.54) is 7.11 Å². The number of nitrogens with one attached hydrogen (secondary N) is 1. The van der Waals surface area contributed by atoms with Crippen molar-refractivity contribution in [3.05, 3.63) is 12.5 Å². The van der Waals surface area contributed by atoms with Crippen molar-refractivity contribution < 1.29 is 4.74 Å². The number of hydrogen-bond donors (Lipinski definition) is 1. The molecule has 1 N–H and O–H groups in total. The lowest BCUT2D eigenvalue weighted by atomic mass is 10.6. The van der Waals surface area contributed by atoms with E-state index in [-0.39, 0.29) is 0 Å². The summed E-state index contributed by atoms with van der Waals surface area (Å²) >= 11 is 0. The summed E-state index contributed by atoms with van der Waals surface area (Å²) in [6.07, 6.45) is 3.20. The summed E-state index contributed by atoms with van der Waals surface area (Å²) in [6.45, 7) is 0. The average molecular weight is 150 g/mol. The Balaban J connectivity index is 2.67. The molecule has 5 heteroatoms. The zero-order chi connectivity index (χ0) is 7.68. The van der Waals surface area contributed by atoms with E-state index < -0.39 is 0 Å². The van der Waals surface area contributed by atoms with Gasteiger partial charge in [0.15, 0.2) is 5.65 Å². The van der Waals surface area contributed by atoms with E-state index in [0.29, 0.717) is 11.7 Å². The first-order valence-corrected chi connectivity index (χ1v) is 3.10. The molecule has 2 heterocycles. The summed E-state index contributed by atoms with van der Waals surface area (Å²) in [6, 6.07) is 0.338. The number of nitrogens with zero attached hydrogens (tertiary/aromatic N) is 3. The van der Waals surface area contributed by atoms with Crippen LogP contribution < -0.4 is 4.74 Å². The van der Waals surface area contributed by atoms with Crippen LogP contribution in [0, 0.1) is 0 Å². The van der Waals surface area contributed by atoms with E-state index >= 15 is 0 Å². The third-order valence-electron chi connectivity index (χ3n) is 1.34. The van der Waals surface area contributed by atoms with Gasteiger partial charge in [-0.15, -0.1) is 0 Å². The number of rotatable bonds is 1. The maximum atomic E-state index is 4.82. The Kier molecular flexibility index (Phi) is 1.21. The monoisotopic (exact) mass is 150 g/mol. The Bertz CT molecular complexity index is 369. The fourth-order valence-electron chi connectivity index (χ4n) is 0.819. The van der Waals surface area contributed by atoms with Gasteiger partial charge in [0.05, 0.1) is 19.6 Å². The Morgan fingerprint density at radius 3 is 3.18 bits per heavy atom. The van der Waals surface area contributed by atoms with Gasteiger partial charge in [-0.2, -0.15) is 4.98 Å². The molecule has 0 aromatic carbocycles. The van der Waals surface area contributed by atoms with Crippen LogP contribution in [0.5, 0.6) is 6.01 Å². The zero-order valence-corrected chi connectivity index (χ0v) is 5.90. The van der Waals surface area contributed by atoms with Gasteiger partial charge in [-0.3, -0.25) is 0 Å². The van der Waals surface area contributed by atoms with Crippen LogP contribution in [0.4, 0.5) is 0 Å². The largest absolute Gasteiger partial charge is 0.467 e. The third-order valence-corrected chi connectivity index (χ3v) is 1.34. The predicted octanol–water partition coefficient (Wildman–Crippen LogP) is 0.361. The summed E-state index contributed by atoms with van der Waals surface area (Å²) in [4.78, 5) is 14.7. The molecule has 0 bridgehead atoms. The second-order valence-electron chi connectivity index (χ2n) is 2.00. The first-order chi connectivity index (χ1) is 5.40. The molecule has 0 aliphatic heterocycles. The minimum atomic E-state index is 0.338. The normalized spacial score (nSPS) is 10.3. The number of ether oxygens (including phenoxy) is 1. The minimum absolute atomic E-state index is 0.338. The second-order valence-corrected chi connectivity index (χ2v) is 2.00. The van der Waals surface area contributed by atoms with Crippen molar-refractivity contribution in [2.45, 2.75) is 0 Å². The summed E-state index contributed by atoms with van der Waals surface area (Å²) in [5.41, 5.74) is 1.43. The summed E-state index contributed by atoms with van der Waals surface area (Å²) in [5, 5.41) is 0.